The Balaban J connectivity index is 2.06. The van der Waals surface area contributed by atoms with Crippen molar-refractivity contribution in [3.63, 3.8) is 0 Å². The first-order valence-corrected chi connectivity index (χ1v) is 6.27. The van der Waals surface area contributed by atoms with Gasteiger partial charge in [-0.25, -0.2) is 5.26 Å². The predicted molar refractivity (Wildman–Crippen MR) is 65.2 cm³/mol. The number of nitrogens with zero attached hydrogens (tertiary/aromatic N) is 3. The minimum atomic E-state index is 0.568. The summed E-state index contributed by atoms with van der Waals surface area (Å²) in [5, 5.41) is 8.82. The zero-order chi connectivity index (χ0) is 11.8. The SMILES string of the molecule is CN1CC[C@H]2CCc3c(ccc[n+]3[B-]C#N)[C@H]21. The van der Waals surface area contributed by atoms with Gasteiger partial charge in [0.1, 0.15) is 11.9 Å². The van der Waals surface area contributed by atoms with Gasteiger partial charge < -0.3 is 4.48 Å². The molecule has 0 bridgehead atoms. The topological polar surface area (TPSA) is 30.9 Å². The van der Waals surface area contributed by atoms with E-state index in [-0.39, 0.29) is 0 Å². The van der Waals surface area contributed by atoms with Gasteiger partial charge in [0.15, 0.2) is 0 Å². The predicted octanol–water partition coefficient (Wildman–Crippen LogP) is 0.861. The number of nitriles is 1. The number of rotatable bonds is 1. The molecule has 0 N–H and O–H groups in total. The maximum atomic E-state index is 8.82. The fraction of sp³-hybridized carbons (Fsp3) is 0.538. The third-order valence-corrected chi connectivity index (χ3v) is 4.21. The van der Waals surface area contributed by atoms with Crippen LogP contribution in [0.25, 0.3) is 0 Å². The lowest BCUT2D eigenvalue weighted by molar-refractivity contribution is -0.538. The maximum Gasteiger partial charge on any atom is 0.213 e. The minimum Gasteiger partial charge on any atom is -0.458 e. The summed E-state index contributed by atoms with van der Waals surface area (Å²) >= 11 is 0. The number of likely N-dealkylation sites (tertiary alicyclic amines) is 1. The second-order valence-corrected chi connectivity index (χ2v) is 5.09. The van der Waals surface area contributed by atoms with Crippen molar-refractivity contribution in [3.8, 4) is 5.97 Å². The molecule has 3 rings (SSSR count). The molecule has 1 aliphatic heterocycles. The molecule has 1 aromatic heterocycles. The molecule has 0 aromatic carbocycles. The number of aromatic nitrogens is 1. The van der Waals surface area contributed by atoms with Gasteiger partial charge in [0.2, 0.25) is 7.41 Å². The Morgan fingerprint density at radius 3 is 3.24 bits per heavy atom. The highest BCUT2D eigenvalue weighted by molar-refractivity contribution is 6.35. The van der Waals surface area contributed by atoms with Crippen LogP contribution in [0.1, 0.15) is 30.1 Å². The second kappa shape index (κ2) is 4.16. The molecule has 1 fully saturated rings. The molecule has 2 aliphatic rings. The Labute approximate surface area is 103 Å². The summed E-state index contributed by atoms with van der Waals surface area (Å²) in [6.07, 6.45) is 5.66. The Morgan fingerprint density at radius 1 is 1.53 bits per heavy atom. The lowest BCUT2D eigenvalue weighted by Crippen LogP contribution is -2.46. The van der Waals surface area contributed by atoms with Gasteiger partial charge in [-0.2, -0.15) is 0 Å². The normalized spacial score (nSPS) is 27.3. The highest BCUT2D eigenvalue weighted by atomic mass is 15.2. The van der Waals surface area contributed by atoms with Crippen LogP contribution >= 0.6 is 0 Å². The Bertz CT molecular complexity index is 480. The van der Waals surface area contributed by atoms with Crippen molar-refractivity contribution >= 4 is 7.41 Å². The first-order chi connectivity index (χ1) is 8.31. The summed E-state index contributed by atoms with van der Waals surface area (Å²) in [6, 6.07) is 4.86. The zero-order valence-electron chi connectivity index (χ0n) is 10.1. The van der Waals surface area contributed by atoms with Crippen molar-refractivity contribution in [1.29, 1.82) is 5.26 Å². The van der Waals surface area contributed by atoms with Crippen LogP contribution in [0.4, 0.5) is 0 Å². The Morgan fingerprint density at radius 2 is 2.41 bits per heavy atom. The van der Waals surface area contributed by atoms with Gasteiger partial charge in [-0.15, -0.1) is 5.97 Å². The largest absolute Gasteiger partial charge is 0.458 e. The van der Waals surface area contributed by atoms with Crippen LogP contribution in [0.2, 0.25) is 0 Å². The van der Waals surface area contributed by atoms with Crippen LogP contribution in [-0.2, 0) is 6.42 Å². The summed E-state index contributed by atoms with van der Waals surface area (Å²) in [5.41, 5.74) is 2.75. The van der Waals surface area contributed by atoms with Crippen LogP contribution < -0.4 is 4.48 Å². The standard InChI is InChI=1S/C13H16BN3/c1-16-8-6-10-4-5-12-11(13(10)16)3-2-7-17(12)14-9-15/h2-3,7,10,13H,4-6,8H2,1H3/t10-,13+/m1/s1. The molecule has 2 radical (unpaired) electrons. The van der Waals surface area contributed by atoms with Gasteiger partial charge in [0.25, 0.3) is 0 Å². The van der Waals surface area contributed by atoms with Crippen molar-refractivity contribution in [2.75, 3.05) is 13.6 Å². The van der Waals surface area contributed by atoms with E-state index in [2.05, 4.69) is 30.0 Å². The van der Waals surface area contributed by atoms with E-state index in [9.17, 15) is 0 Å². The summed E-state index contributed by atoms with van der Waals surface area (Å²) in [5.74, 6) is 2.94. The lowest BCUT2D eigenvalue weighted by Gasteiger charge is -2.31. The molecule has 86 valence electrons. The highest BCUT2D eigenvalue weighted by Crippen LogP contribution is 2.42. The fourth-order valence-electron chi connectivity index (χ4n) is 3.44. The van der Waals surface area contributed by atoms with Crippen molar-refractivity contribution < 1.29 is 4.48 Å². The first kappa shape index (κ1) is 10.8. The fourth-order valence-corrected chi connectivity index (χ4v) is 3.44. The van der Waals surface area contributed by atoms with E-state index in [0.717, 1.165) is 12.3 Å². The summed E-state index contributed by atoms with van der Waals surface area (Å²) in [6.45, 7) is 1.20. The van der Waals surface area contributed by atoms with Gasteiger partial charge >= 0.3 is 0 Å². The molecule has 1 saturated heterocycles. The molecule has 0 spiro atoms. The number of hydrogen-bond donors (Lipinski definition) is 0. The summed E-state index contributed by atoms with van der Waals surface area (Å²) in [4.78, 5) is 2.46. The molecule has 4 heteroatoms. The van der Waals surface area contributed by atoms with E-state index in [0.29, 0.717) is 6.04 Å². The number of hydrogen-bond acceptors (Lipinski definition) is 2. The first-order valence-electron chi connectivity index (χ1n) is 6.27. The minimum absolute atomic E-state index is 0.568. The smallest absolute Gasteiger partial charge is 0.213 e. The molecule has 0 amide bonds. The van der Waals surface area contributed by atoms with E-state index in [1.54, 1.807) is 7.41 Å². The van der Waals surface area contributed by atoms with Crippen LogP contribution in [0, 0.1) is 17.1 Å². The molecular weight excluding hydrogens is 209 g/mol. The van der Waals surface area contributed by atoms with Crippen LogP contribution in [-0.4, -0.2) is 25.9 Å². The van der Waals surface area contributed by atoms with E-state index in [1.165, 1.54) is 30.6 Å². The highest BCUT2D eigenvalue weighted by Gasteiger charge is 2.38. The molecule has 1 aromatic rings. The molecule has 0 saturated carbocycles. The lowest BCUT2D eigenvalue weighted by atomic mass is 9.81. The average molecular weight is 225 g/mol. The molecular formula is C13H16BN3. The molecule has 1 aliphatic carbocycles. The third-order valence-electron chi connectivity index (χ3n) is 4.21. The van der Waals surface area contributed by atoms with Crippen molar-refractivity contribution in [2.45, 2.75) is 25.3 Å². The quantitative estimate of drug-likeness (QED) is 0.664. The summed E-state index contributed by atoms with van der Waals surface area (Å²) < 4.78 is 2.00. The maximum absolute atomic E-state index is 8.82. The van der Waals surface area contributed by atoms with Crippen LogP contribution in [0.5, 0.6) is 0 Å². The Hall–Kier alpha value is -1.34. The monoisotopic (exact) mass is 225 g/mol. The van der Waals surface area contributed by atoms with E-state index in [4.69, 9.17) is 5.26 Å². The second-order valence-electron chi connectivity index (χ2n) is 5.09. The molecule has 17 heavy (non-hydrogen) atoms. The van der Waals surface area contributed by atoms with E-state index >= 15 is 0 Å². The van der Waals surface area contributed by atoms with Gasteiger partial charge in [-0.1, -0.05) is 0 Å². The van der Waals surface area contributed by atoms with Crippen molar-refractivity contribution in [3.05, 3.63) is 29.6 Å². The van der Waals surface area contributed by atoms with E-state index < -0.39 is 0 Å². The van der Waals surface area contributed by atoms with Gasteiger partial charge in [0, 0.05) is 18.0 Å². The zero-order valence-corrected chi connectivity index (χ0v) is 10.1. The number of fused-ring (bicyclic) bond motifs is 3. The Kier molecular flexibility index (Phi) is 2.64. The molecule has 3 nitrogen and oxygen atoms in total. The van der Waals surface area contributed by atoms with Crippen molar-refractivity contribution in [1.82, 2.24) is 4.90 Å². The molecule has 2 heterocycles. The van der Waals surface area contributed by atoms with Crippen LogP contribution in [0.15, 0.2) is 18.3 Å². The summed E-state index contributed by atoms with van der Waals surface area (Å²) in [7, 11) is 3.82. The van der Waals surface area contributed by atoms with E-state index in [1.807, 2.05) is 10.7 Å². The van der Waals surface area contributed by atoms with Crippen LogP contribution in [0.3, 0.4) is 0 Å². The van der Waals surface area contributed by atoms with Crippen molar-refractivity contribution in [2.24, 2.45) is 5.92 Å². The number of pyridine rings is 1. The molecule has 2 atom stereocenters. The van der Waals surface area contributed by atoms with Gasteiger partial charge in [0.05, 0.1) is 0 Å². The molecule has 0 unspecified atom stereocenters. The average Bonchev–Trinajstić information content (AvgIpc) is 2.72. The third kappa shape index (κ3) is 1.66. The van der Waals surface area contributed by atoms with Gasteiger partial charge in [-0.3, -0.25) is 4.90 Å². The van der Waals surface area contributed by atoms with Gasteiger partial charge in [-0.05, 0) is 44.5 Å².